The molecule has 9 nitrogen and oxygen atoms in total. The van der Waals surface area contributed by atoms with Crippen molar-refractivity contribution in [2.24, 2.45) is 0 Å². The molecule has 274 valence electrons. The zero-order chi connectivity index (χ0) is 34.6. The normalized spacial score (nSPS) is 11.3. The Labute approximate surface area is 323 Å². The van der Waals surface area contributed by atoms with Gasteiger partial charge in [0.2, 0.25) is 0 Å². The third-order valence-electron chi connectivity index (χ3n) is 4.36. The summed E-state index contributed by atoms with van der Waals surface area (Å²) in [4.78, 5) is 40.3. The van der Waals surface area contributed by atoms with Gasteiger partial charge in [-0.3, -0.25) is 14.4 Å². The minimum absolute atomic E-state index is 0. The van der Waals surface area contributed by atoms with Gasteiger partial charge in [-0.15, -0.1) is 0 Å². The number of methoxy groups -OCH3 is 4. The summed E-state index contributed by atoms with van der Waals surface area (Å²) in [6.07, 6.45) is 18.5. The molecular formula is C30H67I4O9V. The van der Waals surface area contributed by atoms with Gasteiger partial charge in [0.1, 0.15) is 6.61 Å². The summed E-state index contributed by atoms with van der Waals surface area (Å²) in [6.45, 7) is 8.27. The van der Waals surface area contributed by atoms with Crippen LogP contribution in [0.4, 0.5) is 0 Å². The van der Waals surface area contributed by atoms with E-state index in [2.05, 4.69) is 101 Å². The first-order chi connectivity index (χ1) is 19.9. The fraction of sp³-hybridized carbons (Fsp3) is 0.867. The van der Waals surface area contributed by atoms with Crippen LogP contribution < -0.4 is 0 Å². The summed E-state index contributed by atoms with van der Waals surface area (Å²) in [5.41, 5.74) is 0. The van der Waals surface area contributed by atoms with Crippen molar-refractivity contribution in [3.8, 4) is 0 Å². The predicted octanol–water partition coefficient (Wildman–Crippen LogP) is 11.3. The Balaban J connectivity index is -0.0000000453. The third-order valence-corrected chi connectivity index (χ3v) is 4.36. The van der Waals surface area contributed by atoms with Crippen LogP contribution in [0.1, 0.15) is 133 Å². The second kappa shape index (κ2) is 70.6. The molecule has 2 aliphatic carbocycles. The summed E-state index contributed by atoms with van der Waals surface area (Å²) < 4.78 is 16.7. The zero-order valence-corrected chi connectivity index (χ0v) is 37.6. The number of carboxylic acids is 1. The Morgan fingerprint density at radius 3 is 0.818 bits per heavy atom. The van der Waals surface area contributed by atoms with E-state index < -0.39 is 5.97 Å². The van der Waals surface area contributed by atoms with E-state index in [0.717, 1.165) is 0 Å². The van der Waals surface area contributed by atoms with Crippen LogP contribution in [0.3, 0.4) is 0 Å². The number of carbonyl (C=O) groups excluding carboxylic acids is 3. The molecule has 2 aliphatic rings. The Hall–Kier alpha value is 1.34. The number of alkyl halides is 1. The van der Waals surface area contributed by atoms with Crippen LogP contribution in [0.15, 0.2) is 0 Å². The zero-order valence-electron chi connectivity index (χ0n) is 27.6. The van der Waals surface area contributed by atoms with Crippen LogP contribution in [0.5, 0.6) is 0 Å². The number of rotatable bonds is 3. The molecule has 44 heavy (non-hydrogen) atoms. The average molecular weight is 1130 g/mol. The number of halogens is 4. The number of carbonyl (C=O) groups is 4. The summed E-state index contributed by atoms with van der Waals surface area (Å²) in [6, 6.07) is 0. The topological polar surface area (TPSA) is 125 Å². The fourth-order valence-electron chi connectivity index (χ4n) is 2.39. The van der Waals surface area contributed by atoms with Crippen LogP contribution in [-0.2, 0) is 43.0 Å². The van der Waals surface area contributed by atoms with Crippen molar-refractivity contribution in [3.63, 3.8) is 0 Å². The van der Waals surface area contributed by atoms with Crippen molar-refractivity contribution < 1.29 is 48.2 Å². The molecule has 0 atom stereocenters. The van der Waals surface area contributed by atoms with Crippen molar-refractivity contribution in [1.29, 1.82) is 0 Å². The van der Waals surface area contributed by atoms with Crippen LogP contribution >= 0.6 is 82.5 Å². The molecular weight excluding hydrogens is 1060 g/mol. The minimum atomic E-state index is -0.933. The van der Waals surface area contributed by atoms with Gasteiger partial charge < -0.3 is 24.1 Å². The van der Waals surface area contributed by atoms with Crippen molar-refractivity contribution in [3.05, 3.63) is 0 Å². The Morgan fingerprint density at radius 2 is 0.795 bits per heavy atom. The van der Waals surface area contributed by atoms with Crippen LogP contribution in [0.2, 0.25) is 0 Å². The first kappa shape index (κ1) is 67.5. The summed E-state index contributed by atoms with van der Waals surface area (Å²) in [5, 5.41) is 7.79. The Bertz CT molecular complexity index is 467. The average Bonchev–Trinajstić information content (AvgIpc) is 3.01. The van der Waals surface area contributed by atoms with Gasteiger partial charge in [0.25, 0.3) is 0 Å². The van der Waals surface area contributed by atoms with E-state index in [0.29, 0.717) is 6.42 Å². The van der Waals surface area contributed by atoms with Crippen molar-refractivity contribution in [1.82, 2.24) is 0 Å². The Kier molecular flexibility index (Phi) is 108. The van der Waals surface area contributed by atoms with Crippen LogP contribution in [0, 0.1) is 0 Å². The maximum absolute atomic E-state index is 9.96. The molecule has 0 unspecified atom stereocenters. The molecule has 0 saturated heterocycles. The summed E-state index contributed by atoms with van der Waals surface area (Å²) >= 11 is 9.54. The molecule has 14 heteroatoms. The third kappa shape index (κ3) is 131. The van der Waals surface area contributed by atoms with E-state index in [1.165, 1.54) is 119 Å². The second-order valence-corrected chi connectivity index (χ2v) is 43.0. The van der Waals surface area contributed by atoms with Crippen molar-refractivity contribution >= 4 is 106 Å². The molecule has 0 aromatic rings. The van der Waals surface area contributed by atoms with E-state index in [1.807, 2.05) is 18.8 Å². The van der Waals surface area contributed by atoms with Gasteiger partial charge in [0.15, 0.2) is 0 Å². The molecule has 2 fully saturated rings. The number of hydrogen-bond acceptors (Lipinski definition) is 8. The summed E-state index contributed by atoms with van der Waals surface area (Å²) in [7, 11) is 5.42. The molecule has 0 heterocycles. The van der Waals surface area contributed by atoms with E-state index in [1.54, 1.807) is 6.92 Å². The molecule has 0 bridgehead atoms. The summed E-state index contributed by atoms with van der Waals surface area (Å²) in [5.74, 6) is -1.58. The number of ether oxygens (including phenoxy) is 4. The molecule has 2 saturated carbocycles. The monoisotopic (exact) mass is 1130 g/mol. The molecule has 0 radical (unpaired) electrons. The molecule has 0 aromatic heterocycles. The first-order valence-electron chi connectivity index (χ1n) is 13.9. The maximum atomic E-state index is 9.96. The van der Waals surface area contributed by atoms with E-state index in [9.17, 15) is 19.2 Å². The van der Waals surface area contributed by atoms with Gasteiger partial charge in [-0.2, -0.15) is 0 Å². The van der Waals surface area contributed by atoms with Gasteiger partial charge in [-0.05, 0) is 4.93 Å². The molecule has 0 amide bonds. The quantitative estimate of drug-likeness (QED) is 0.127. The molecule has 0 spiro atoms. The van der Waals surface area contributed by atoms with Crippen molar-refractivity contribution in [2.45, 2.75) is 133 Å². The Morgan fingerprint density at radius 1 is 0.614 bits per heavy atom. The predicted molar refractivity (Wildman–Crippen MR) is 219 cm³/mol. The van der Waals surface area contributed by atoms with Gasteiger partial charge in [0, 0.05) is 27.4 Å². The molecule has 0 aliphatic heterocycles. The molecule has 0 aromatic carbocycles. The number of hydrogen-bond donors (Lipinski definition) is 1. The number of carboxylic acid groups (broad SMARTS) is 1. The van der Waals surface area contributed by atoms with Gasteiger partial charge in [0.05, 0.1) is 21.3 Å². The van der Waals surface area contributed by atoms with Crippen LogP contribution in [0.25, 0.3) is 0 Å². The van der Waals surface area contributed by atoms with Gasteiger partial charge in [-0.1, -0.05) is 135 Å². The van der Waals surface area contributed by atoms with E-state index in [4.69, 9.17) is 5.11 Å². The molecule has 2 rings (SSSR count). The number of esters is 3. The molecule has 1 N–H and O–H groups in total. The van der Waals surface area contributed by atoms with Gasteiger partial charge >= 0.3 is 88.7 Å². The van der Waals surface area contributed by atoms with E-state index >= 15 is 0 Å². The standard InChI is InChI=1S/2C6H12.C4H8O2.C3H6O3.2C3H6O2.C2H6.CH3I.2CH4.3HI.V/c2*1-2-4-6-5-3-1;1-3-4(5)6-2;1-6-2-3(4)5;2*1-3(4)5-2;2*1-2;;;;;;/h2*1-6H2;3H2,1-2H3;2H2,1H3,(H,4,5);2*1-2H3;1-2H3;1H3;2*1H4;3*1H;/q;;;;;;;;;;;;;+3/p-3. The van der Waals surface area contributed by atoms with Gasteiger partial charge in [-0.25, -0.2) is 4.79 Å². The number of aliphatic carboxylic acids is 1. The fourth-order valence-corrected chi connectivity index (χ4v) is 2.39. The van der Waals surface area contributed by atoms with Crippen LogP contribution in [-0.4, -0.2) is 69.0 Å². The van der Waals surface area contributed by atoms with Crippen molar-refractivity contribution in [2.75, 3.05) is 40.0 Å². The second-order valence-electron chi connectivity index (χ2n) is 7.58. The first-order valence-corrected chi connectivity index (χ1v) is 29.5. The van der Waals surface area contributed by atoms with E-state index in [-0.39, 0.29) is 44.3 Å². The SMILES string of the molecule is C.C.C1CCCCC1.C1CCCCC1.CC.CCC(=O)OC.CI.COC(C)=O.COC(C)=O.COCC(=O)O.[I][V]([I])[I].